The first-order valence-corrected chi connectivity index (χ1v) is 6.85. The lowest BCUT2D eigenvalue weighted by molar-refractivity contribution is 0.554. The van der Waals surface area contributed by atoms with Crippen LogP contribution < -0.4 is 5.73 Å². The summed E-state index contributed by atoms with van der Waals surface area (Å²) in [5.74, 6) is 0. The van der Waals surface area contributed by atoms with Crippen LogP contribution in [-0.2, 0) is 5.54 Å². The zero-order chi connectivity index (χ0) is 14.4. The molecule has 0 aliphatic heterocycles. The number of benzene rings is 3. The highest BCUT2D eigenvalue weighted by Gasteiger charge is 2.11. The molecule has 0 unspecified atom stereocenters. The lowest BCUT2D eigenvalue weighted by Crippen LogP contribution is -2.28. The van der Waals surface area contributed by atoms with Crippen LogP contribution in [0.15, 0.2) is 78.9 Å². The third kappa shape index (κ3) is 3.94. The van der Waals surface area contributed by atoms with E-state index in [4.69, 9.17) is 5.73 Å². The Morgan fingerprint density at radius 2 is 0.950 bits per heavy atom. The normalized spacial score (nSPS) is 10.8. The lowest BCUT2D eigenvalue weighted by Gasteiger charge is -2.18. The average Bonchev–Trinajstić information content (AvgIpc) is 2.48. The zero-order valence-electron chi connectivity index (χ0n) is 12.1. The van der Waals surface area contributed by atoms with E-state index in [-0.39, 0.29) is 5.54 Å². The minimum atomic E-state index is -0.207. The molecule has 0 atom stereocenters. The van der Waals surface area contributed by atoms with Crippen LogP contribution in [0.3, 0.4) is 0 Å². The van der Waals surface area contributed by atoms with Gasteiger partial charge in [0.25, 0.3) is 0 Å². The Balaban J connectivity index is 0.000000147. The van der Waals surface area contributed by atoms with E-state index in [1.165, 1.54) is 16.3 Å². The van der Waals surface area contributed by atoms with E-state index in [0.29, 0.717) is 0 Å². The summed E-state index contributed by atoms with van der Waals surface area (Å²) < 4.78 is 0. The maximum absolute atomic E-state index is 5.86. The molecule has 0 aliphatic rings. The number of fused-ring (bicyclic) bond motifs is 1. The van der Waals surface area contributed by atoms with E-state index in [0.717, 1.165) is 0 Å². The Bertz CT molecular complexity index is 586. The van der Waals surface area contributed by atoms with Crippen molar-refractivity contribution in [1.82, 2.24) is 0 Å². The summed E-state index contributed by atoms with van der Waals surface area (Å²) in [6, 6.07) is 26.8. The number of nitrogens with two attached hydrogens (primary N) is 1. The summed E-state index contributed by atoms with van der Waals surface area (Å²) in [6.07, 6.45) is 0. The third-order valence-electron chi connectivity index (χ3n) is 3.18. The second-order valence-corrected chi connectivity index (χ2v) is 5.43. The fraction of sp³-hybridized carbons (Fsp3) is 0.158. The highest BCUT2D eigenvalue weighted by atomic mass is 14.7. The van der Waals surface area contributed by atoms with E-state index in [9.17, 15) is 0 Å². The van der Waals surface area contributed by atoms with Gasteiger partial charge in [-0.15, -0.1) is 0 Å². The van der Waals surface area contributed by atoms with E-state index < -0.39 is 0 Å². The molecular weight excluding hydrogens is 242 g/mol. The van der Waals surface area contributed by atoms with Crippen LogP contribution in [0.4, 0.5) is 0 Å². The second kappa shape index (κ2) is 6.36. The molecule has 2 N–H and O–H groups in total. The van der Waals surface area contributed by atoms with Crippen molar-refractivity contribution < 1.29 is 0 Å². The van der Waals surface area contributed by atoms with Gasteiger partial charge in [-0.25, -0.2) is 0 Å². The first-order valence-electron chi connectivity index (χ1n) is 6.85. The van der Waals surface area contributed by atoms with Crippen molar-refractivity contribution in [2.45, 2.75) is 19.4 Å². The van der Waals surface area contributed by atoms with Crippen LogP contribution in [0, 0.1) is 0 Å². The molecule has 0 aromatic heterocycles. The van der Waals surface area contributed by atoms with Gasteiger partial charge < -0.3 is 5.73 Å². The zero-order valence-corrected chi connectivity index (χ0v) is 12.1. The van der Waals surface area contributed by atoms with Gasteiger partial charge in [-0.1, -0.05) is 78.9 Å². The maximum Gasteiger partial charge on any atom is 0.0352 e. The SMILES string of the molecule is CC(C)(N)c1ccccc1.c1ccc2ccccc2c1. The molecule has 0 saturated heterocycles. The molecule has 0 radical (unpaired) electrons. The molecular formula is C19H21N. The van der Waals surface area contributed by atoms with Crippen molar-refractivity contribution in [3.63, 3.8) is 0 Å². The molecule has 20 heavy (non-hydrogen) atoms. The molecule has 0 spiro atoms. The molecule has 0 bridgehead atoms. The second-order valence-electron chi connectivity index (χ2n) is 5.43. The van der Waals surface area contributed by atoms with Crippen molar-refractivity contribution in [2.75, 3.05) is 0 Å². The van der Waals surface area contributed by atoms with Gasteiger partial charge in [-0.2, -0.15) is 0 Å². The maximum atomic E-state index is 5.86. The van der Waals surface area contributed by atoms with Crippen molar-refractivity contribution >= 4 is 10.8 Å². The lowest BCUT2D eigenvalue weighted by atomic mass is 9.96. The average molecular weight is 263 g/mol. The van der Waals surface area contributed by atoms with Gasteiger partial charge in [0.1, 0.15) is 0 Å². The molecule has 3 aromatic carbocycles. The summed E-state index contributed by atoms with van der Waals surface area (Å²) in [5.41, 5.74) is 6.83. The monoisotopic (exact) mass is 263 g/mol. The van der Waals surface area contributed by atoms with Gasteiger partial charge >= 0.3 is 0 Å². The standard InChI is InChI=1S/C10H8.C9H13N/c1-2-6-10-8-4-3-7-9(10)5-1;1-9(2,10)8-6-4-3-5-7-8/h1-8H;3-7H,10H2,1-2H3. The molecule has 0 aliphatic carbocycles. The van der Waals surface area contributed by atoms with Crippen LogP contribution in [-0.4, -0.2) is 0 Å². The van der Waals surface area contributed by atoms with Crippen LogP contribution in [0.1, 0.15) is 19.4 Å². The largest absolute Gasteiger partial charge is 0.322 e. The number of rotatable bonds is 1. The first kappa shape index (κ1) is 14.3. The minimum absolute atomic E-state index is 0.207. The highest BCUT2D eigenvalue weighted by molar-refractivity contribution is 5.81. The summed E-state index contributed by atoms with van der Waals surface area (Å²) in [6.45, 7) is 4.00. The van der Waals surface area contributed by atoms with Crippen LogP contribution in [0.5, 0.6) is 0 Å². The number of hydrogen-bond donors (Lipinski definition) is 1. The number of hydrogen-bond acceptors (Lipinski definition) is 1. The van der Waals surface area contributed by atoms with Gasteiger partial charge in [0.2, 0.25) is 0 Å². The first-order chi connectivity index (χ1) is 9.57. The van der Waals surface area contributed by atoms with Crippen molar-refractivity contribution in [2.24, 2.45) is 5.73 Å². The molecule has 0 heterocycles. The van der Waals surface area contributed by atoms with Crippen molar-refractivity contribution in [3.05, 3.63) is 84.4 Å². The summed E-state index contributed by atoms with van der Waals surface area (Å²) >= 11 is 0. The van der Waals surface area contributed by atoms with Crippen molar-refractivity contribution in [1.29, 1.82) is 0 Å². The summed E-state index contributed by atoms with van der Waals surface area (Å²) in [5, 5.41) is 2.62. The van der Waals surface area contributed by atoms with E-state index >= 15 is 0 Å². The van der Waals surface area contributed by atoms with Crippen molar-refractivity contribution in [3.8, 4) is 0 Å². The van der Waals surface area contributed by atoms with Gasteiger partial charge in [0.05, 0.1) is 0 Å². The molecule has 0 fully saturated rings. The van der Waals surface area contributed by atoms with Gasteiger partial charge in [-0.3, -0.25) is 0 Å². The molecule has 0 amide bonds. The van der Waals surface area contributed by atoms with Gasteiger partial charge in [-0.05, 0) is 30.2 Å². The predicted molar refractivity (Wildman–Crippen MR) is 87.6 cm³/mol. The van der Waals surface area contributed by atoms with Gasteiger partial charge in [0, 0.05) is 5.54 Å². The van der Waals surface area contributed by atoms with Crippen LogP contribution >= 0.6 is 0 Å². The van der Waals surface area contributed by atoms with E-state index in [1.807, 2.05) is 44.2 Å². The van der Waals surface area contributed by atoms with E-state index in [2.05, 4.69) is 48.5 Å². The molecule has 0 saturated carbocycles. The molecule has 3 rings (SSSR count). The molecule has 1 heteroatoms. The van der Waals surface area contributed by atoms with Crippen LogP contribution in [0.25, 0.3) is 10.8 Å². The fourth-order valence-corrected chi connectivity index (χ4v) is 2.00. The molecule has 3 aromatic rings. The third-order valence-corrected chi connectivity index (χ3v) is 3.18. The quantitative estimate of drug-likeness (QED) is 0.675. The summed E-state index contributed by atoms with van der Waals surface area (Å²) in [7, 11) is 0. The Morgan fingerprint density at radius 1 is 0.600 bits per heavy atom. The fourth-order valence-electron chi connectivity index (χ4n) is 2.00. The Labute approximate surface area is 121 Å². The molecule has 102 valence electrons. The van der Waals surface area contributed by atoms with E-state index in [1.54, 1.807) is 0 Å². The molecule has 1 nitrogen and oxygen atoms in total. The Morgan fingerprint density at radius 3 is 1.25 bits per heavy atom. The topological polar surface area (TPSA) is 26.0 Å². The Hall–Kier alpha value is -2.12. The minimum Gasteiger partial charge on any atom is -0.322 e. The Kier molecular flexibility index (Phi) is 4.54. The summed E-state index contributed by atoms with van der Waals surface area (Å²) in [4.78, 5) is 0. The highest BCUT2D eigenvalue weighted by Crippen LogP contribution is 2.14. The predicted octanol–water partition coefficient (Wildman–Crippen LogP) is 4.72. The smallest absolute Gasteiger partial charge is 0.0352 e. The van der Waals surface area contributed by atoms with Gasteiger partial charge in [0.15, 0.2) is 0 Å². The van der Waals surface area contributed by atoms with Crippen LogP contribution in [0.2, 0.25) is 0 Å².